The van der Waals surface area contributed by atoms with Crippen LogP contribution in [0, 0.1) is 11.3 Å². The highest BCUT2D eigenvalue weighted by Gasteiger charge is 2.21. The Bertz CT molecular complexity index is 394. The Labute approximate surface area is 109 Å². The third kappa shape index (κ3) is 3.88. The minimum atomic E-state index is -0.330. The molecule has 1 aromatic heterocycles. The number of aromatic amines is 1. The monoisotopic (exact) mass is 252 g/mol. The lowest BCUT2D eigenvalue weighted by Gasteiger charge is -2.29. The largest absolute Gasteiger partial charge is 0.464 e. The van der Waals surface area contributed by atoms with Crippen molar-refractivity contribution in [2.24, 2.45) is 11.3 Å². The van der Waals surface area contributed by atoms with Crippen LogP contribution in [0.1, 0.15) is 43.9 Å². The zero-order chi connectivity index (χ0) is 13.8. The van der Waals surface area contributed by atoms with Crippen LogP contribution in [-0.2, 0) is 11.3 Å². The third-order valence-electron chi connectivity index (χ3n) is 3.61. The van der Waals surface area contributed by atoms with Crippen molar-refractivity contribution >= 4 is 5.97 Å². The summed E-state index contributed by atoms with van der Waals surface area (Å²) in [7, 11) is 1.38. The molecule has 0 aliphatic rings. The van der Waals surface area contributed by atoms with Gasteiger partial charge >= 0.3 is 5.97 Å². The van der Waals surface area contributed by atoms with Gasteiger partial charge in [-0.15, -0.1) is 0 Å². The molecule has 1 aromatic rings. The number of H-pyrrole nitrogens is 1. The second-order valence-corrected chi connectivity index (χ2v) is 5.64. The van der Waals surface area contributed by atoms with E-state index in [0.717, 1.165) is 18.8 Å². The van der Waals surface area contributed by atoms with Crippen molar-refractivity contribution in [1.82, 2.24) is 10.3 Å². The summed E-state index contributed by atoms with van der Waals surface area (Å²) in [4.78, 5) is 14.3. The van der Waals surface area contributed by atoms with Crippen molar-refractivity contribution < 1.29 is 9.53 Å². The molecule has 0 unspecified atom stereocenters. The lowest BCUT2D eigenvalue weighted by molar-refractivity contribution is 0.0594. The van der Waals surface area contributed by atoms with Crippen LogP contribution in [0.15, 0.2) is 12.1 Å². The van der Waals surface area contributed by atoms with E-state index in [2.05, 4.69) is 42.7 Å². The lowest BCUT2D eigenvalue weighted by Crippen LogP contribution is -2.33. The van der Waals surface area contributed by atoms with Crippen LogP contribution in [-0.4, -0.2) is 24.6 Å². The summed E-state index contributed by atoms with van der Waals surface area (Å²) in [5.41, 5.74) is 1.75. The van der Waals surface area contributed by atoms with Crippen LogP contribution >= 0.6 is 0 Å². The minimum absolute atomic E-state index is 0.262. The number of carbonyl (C=O) groups is 1. The van der Waals surface area contributed by atoms with Gasteiger partial charge in [0.2, 0.25) is 0 Å². The average Bonchev–Trinajstić information content (AvgIpc) is 2.76. The van der Waals surface area contributed by atoms with Gasteiger partial charge in [-0.3, -0.25) is 0 Å². The molecule has 1 heterocycles. The predicted molar refractivity (Wildman–Crippen MR) is 72.5 cm³/mol. The normalized spacial score (nSPS) is 11.9. The lowest BCUT2D eigenvalue weighted by atomic mass is 9.81. The minimum Gasteiger partial charge on any atom is -0.464 e. The number of aromatic nitrogens is 1. The van der Waals surface area contributed by atoms with Gasteiger partial charge in [0.1, 0.15) is 5.69 Å². The van der Waals surface area contributed by atoms with Gasteiger partial charge in [0, 0.05) is 18.8 Å². The molecule has 0 spiro atoms. The zero-order valence-corrected chi connectivity index (χ0v) is 12.0. The molecule has 1 rings (SSSR count). The van der Waals surface area contributed by atoms with E-state index < -0.39 is 0 Å². The molecular weight excluding hydrogens is 228 g/mol. The molecule has 0 aromatic carbocycles. The maximum absolute atomic E-state index is 11.3. The molecule has 18 heavy (non-hydrogen) atoms. The smallest absolute Gasteiger partial charge is 0.354 e. The number of hydrogen-bond donors (Lipinski definition) is 2. The van der Waals surface area contributed by atoms with Crippen LogP contribution in [0.4, 0.5) is 0 Å². The van der Waals surface area contributed by atoms with Gasteiger partial charge < -0.3 is 15.0 Å². The van der Waals surface area contributed by atoms with E-state index in [-0.39, 0.29) is 11.4 Å². The summed E-state index contributed by atoms with van der Waals surface area (Å²) in [6.45, 7) is 10.6. The second kappa shape index (κ2) is 6.05. The highest BCUT2D eigenvalue weighted by atomic mass is 16.5. The van der Waals surface area contributed by atoms with E-state index in [1.54, 1.807) is 6.07 Å². The van der Waals surface area contributed by atoms with Crippen molar-refractivity contribution in [3.8, 4) is 0 Å². The fraction of sp³-hybridized carbons (Fsp3) is 0.643. The Balaban J connectivity index is 2.45. The van der Waals surface area contributed by atoms with Crippen LogP contribution in [0.25, 0.3) is 0 Å². The number of nitrogens with one attached hydrogen (secondary N) is 2. The molecule has 2 N–H and O–H groups in total. The average molecular weight is 252 g/mol. The highest BCUT2D eigenvalue weighted by molar-refractivity contribution is 5.87. The first kappa shape index (κ1) is 14.8. The van der Waals surface area contributed by atoms with Crippen LogP contribution in [0.2, 0.25) is 0 Å². The zero-order valence-electron chi connectivity index (χ0n) is 12.0. The number of ether oxygens (including phenoxy) is 1. The first-order valence-corrected chi connectivity index (χ1v) is 6.33. The molecule has 0 bridgehead atoms. The van der Waals surface area contributed by atoms with Crippen molar-refractivity contribution in [3.63, 3.8) is 0 Å². The number of esters is 1. The van der Waals surface area contributed by atoms with Crippen LogP contribution < -0.4 is 5.32 Å². The Kier molecular flexibility index (Phi) is 4.96. The van der Waals surface area contributed by atoms with Crippen molar-refractivity contribution in [2.75, 3.05) is 13.7 Å². The van der Waals surface area contributed by atoms with Gasteiger partial charge in [-0.2, -0.15) is 0 Å². The number of methoxy groups -OCH3 is 1. The van der Waals surface area contributed by atoms with E-state index in [1.807, 2.05) is 6.07 Å². The molecule has 4 nitrogen and oxygen atoms in total. The maximum atomic E-state index is 11.3. The second-order valence-electron chi connectivity index (χ2n) is 5.64. The fourth-order valence-corrected chi connectivity index (χ4v) is 1.50. The Hall–Kier alpha value is -1.29. The standard InChI is InChI=1S/C14H24N2O2/c1-10(2)14(3,4)9-15-8-11-6-7-12(16-11)13(17)18-5/h6-7,10,15-16H,8-9H2,1-5H3. The van der Waals surface area contributed by atoms with E-state index in [4.69, 9.17) is 0 Å². The highest BCUT2D eigenvalue weighted by Crippen LogP contribution is 2.24. The summed E-state index contributed by atoms with van der Waals surface area (Å²) in [5, 5.41) is 3.41. The Morgan fingerprint density at radius 1 is 1.44 bits per heavy atom. The predicted octanol–water partition coefficient (Wildman–Crippen LogP) is 2.57. The summed E-state index contributed by atoms with van der Waals surface area (Å²) < 4.78 is 4.65. The van der Waals surface area contributed by atoms with Crippen molar-refractivity contribution in [2.45, 2.75) is 34.2 Å². The molecule has 102 valence electrons. The quantitative estimate of drug-likeness (QED) is 0.765. The van der Waals surface area contributed by atoms with Crippen molar-refractivity contribution in [3.05, 3.63) is 23.5 Å². The van der Waals surface area contributed by atoms with Gasteiger partial charge in [-0.05, 0) is 23.5 Å². The SMILES string of the molecule is COC(=O)c1ccc(CNCC(C)(C)C(C)C)[nH]1. The van der Waals surface area contributed by atoms with Crippen LogP contribution in [0.3, 0.4) is 0 Å². The molecule has 0 saturated carbocycles. The Morgan fingerprint density at radius 3 is 2.67 bits per heavy atom. The summed E-state index contributed by atoms with van der Waals surface area (Å²) in [5.74, 6) is 0.294. The van der Waals surface area contributed by atoms with Gasteiger partial charge in [-0.25, -0.2) is 4.79 Å². The molecule has 0 fully saturated rings. The molecule has 0 aliphatic heterocycles. The third-order valence-corrected chi connectivity index (χ3v) is 3.61. The Morgan fingerprint density at radius 2 is 2.11 bits per heavy atom. The van der Waals surface area contributed by atoms with Crippen molar-refractivity contribution in [1.29, 1.82) is 0 Å². The van der Waals surface area contributed by atoms with E-state index >= 15 is 0 Å². The molecule has 0 atom stereocenters. The first-order chi connectivity index (χ1) is 8.36. The molecule has 0 saturated heterocycles. The van der Waals surface area contributed by atoms with E-state index in [1.165, 1.54) is 7.11 Å². The topological polar surface area (TPSA) is 54.1 Å². The fourth-order valence-electron chi connectivity index (χ4n) is 1.50. The van der Waals surface area contributed by atoms with E-state index in [9.17, 15) is 4.79 Å². The molecule has 0 aliphatic carbocycles. The molecule has 0 radical (unpaired) electrons. The molecule has 4 heteroatoms. The first-order valence-electron chi connectivity index (χ1n) is 6.33. The molecular formula is C14H24N2O2. The van der Waals surface area contributed by atoms with Gasteiger partial charge in [-0.1, -0.05) is 27.7 Å². The van der Waals surface area contributed by atoms with E-state index in [0.29, 0.717) is 11.6 Å². The summed E-state index contributed by atoms with van der Waals surface area (Å²) in [6.07, 6.45) is 0. The van der Waals surface area contributed by atoms with Crippen LogP contribution in [0.5, 0.6) is 0 Å². The van der Waals surface area contributed by atoms with Gasteiger partial charge in [0.15, 0.2) is 0 Å². The van der Waals surface area contributed by atoms with Gasteiger partial charge in [0.25, 0.3) is 0 Å². The summed E-state index contributed by atoms with van der Waals surface area (Å²) in [6, 6.07) is 3.65. The summed E-state index contributed by atoms with van der Waals surface area (Å²) >= 11 is 0. The maximum Gasteiger partial charge on any atom is 0.354 e. The molecule has 0 amide bonds. The number of rotatable bonds is 6. The number of hydrogen-bond acceptors (Lipinski definition) is 3. The number of carbonyl (C=O) groups excluding carboxylic acids is 1. The van der Waals surface area contributed by atoms with Gasteiger partial charge in [0.05, 0.1) is 7.11 Å².